The predicted molar refractivity (Wildman–Crippen MR) is 137 cm³/mol. The molecule has 0 aliphatic heterocycles. The minimum Gasteiger partial charge on any atom is -0.338 e. The molecule has 1 unspecified atom stereocenters. The van der Waals surface area contributed by atoms with Crippen molar-refractivity contribution in [2.24, 2.45) is 5.92 Å². The third-order valence-electron chi connectivity index (χ3n) is 5.82. The van der Waals surface area contributed by atoms with Crippen LogP contribution in [0, 0.1) is 5.92 Å². The molecule has 1 atom stereocenters. The van der Waals surface area contributed by atoms with Crippen LogP contribution in [0.2, 0.25) is 0 Å². The summed E-state index contributed by atoms with van der Waals surface area (Å²) >= 11 is 0. The van der Waals surface area contributed by atoms with Crippen molar-refractivity contribution in [3.63, 3.8) is 0 Å². The first-order valence-corrected chi connectivity index (χ1v) is 11.7. The van der Waals surface area contributed by atoms with Gasteiger partial charge in [0.15, 0.2) is 22.8 Å². The number of benzene rings is 2. The van der Waals surface area contributed by atoms with E-state index in [0.717, 1.165) is 24.2 Å². The second-order valence-electron chi connectivity index (χ2n) is 9.01. The molecular weight excluding hydrogens is 422 g/mol. The lowest BCUT2D eigenvalue weighted by molar-refractivity contribution is 0.0964. The van der Waals surface area contributed by atoms with Crippen LogP contribution in [0.4, 0.5) is 11.5 Å². The van der Waals surface area contributed by atoms with Crippen molar-refractivity contribution in [2.75, 3.05) is 5.32 Å². The number of fused-ring (bicyclic) bond motifs is 1. The van der Waals surface area contributed by atoms with Crippen LogP contribution in [0.3, 0.4) is 0 Å². The van der Waals surface area contributed by atoms with Gasteiger partial charge < -0.3 is 9.88 Å². The van der Waals surface area contributed by atoms with Gasteiger partial charge in [-0.05, 0) is 50.3 Å². The van der Waals surface area contributed by atoms with E-state index < -0.39 is 0 Å². The van der Waals surface area contributed by atoms with E-state index >= 15 is 0 Å². The Kier molecular flexibility index (Phi) is 7.48. The second kappa shape index (κ2) is 10.9. The van der Waals surface area contributed by atoms with Crippen LogP contribution in [-0.4, -0.2) is 25.3 Å². The molecule has 0 fully saturated rings. The Labute approximate surface area is 200 Å². The molecule has 4 aromatic rings. The fourth-order valence-corrected chi connectivity index (χ4v) is 4.02. The van der Waals surface area contributed by atoms with Crippen molar-refractivity contribution in [3.05, 3.63) is 90.0 Å². The van der Waals surface area contributed by atoms with Crippen molar-refractivity contribution in [3.8, 4) is 0 Å². The number of imidazole rings is 1. The van der Waals surface area contributed by atoms with Crippen LogP contribution in [-0.2, 0) is 6.54 Å². The molecule has 0 bridgehead atoms. The van der Waals surface area contributed by atoms with Crippen LogP contribution in [0.1, 0.15) is 56.0 Å². The van der Waals surface area contributed by atoms with E-state index in [1.165, 1.54) is 17.5 Å². The van der Waals surface area contributed by atoms with Crippen molar-refractivity contribution in [1.82, 2.24) is 19.5 Å². The van der Waals surface area contributed by atoms with Gasteiger partial charge in [-0.2, -0.15) is 0 Å². The average Bonchev–Trinajstić information content (AvgIpc) is 3.23. The summed E-state index contributed by atoms with van der Waals surface area (Å²) in [6, 6.07) is 17.8. The van der Waals surface area contributed by atoms with Crippen LogP contribution < -0.4 is 5.32 Å². The Balaban J connectivity index is 1.53. The number of Topliss-reactive ketones (excluding diaryl/α,β-unsaturated/α-hetero) is 1. The van der Waals surface area contributed by atoms with Gasteiger partial charge in [-0.25, -0.2) is 15.0 Å². The summed E-state index contributed by atoms with van der Waals surface area (Å²) in [5, 5.41) is 3.35. The minimum atomic E-state index is 0.132. The Morgan fingerprint density at radius 2 is 1.79 bits per heavy atom. The van der Waals surface area contributed by atoms with Crippen LogP contribution >= 0.6 is 0 Å². The molecule has 1 N–H and O–H groups in total. The summed E-state index contributed by atoms with van der Waals surface area (Å²) in [5.74, 6) is 1.04. The summed E-state index contributed by atoms with van der Waals surface area (Å²) in [7, 11) is 0. The van der Waals surface area contributed by atoms with E-state index in [0.29, 0.717) is 35.8 Å². The zero-order valence-corrected chi connectivity index (χ0v) is 20.0. The maximum absolute atomic E-state index is 13.1. The van der Waals surface area contributed by atoms with Gasteiger partial charge in [0.05, 0.1) is 18.6 Å². The number of nitrogens with one attached hydrogen (secondary N) is 1. The molecule has 2 aromatic carbocycles. The molecule has 0 saturated carbocycles. The molecule has 0 saturated heterocycles. The molecule has 0 aliphatic rings. The lowest BCUT2D eigenvalue weighted by Gasteiger charge is -2.14. The first-order chi connectivity index (χ1) is 16.5. The molecule has 34 heavy (non-hydrogen) atoms. The number of hydrogen-bond acceptors (Lipinski definition) is 5. The number of hydrogen-bond donors (Lipinski definition) is 1. The monoisotopic (exact) mass is 453 g/mol. The third-order valence-corrected chi connectivity index (χ3v) is 5.82. The van der Waals surface area contributed by atoms with Crippen molar-refractivity contribution < 1.29 is 4.79 Å². The maximum atomic E-state index is 13.1. The first-order valence-electron chi connectivity index (χ1n) is 11.7. The molecule has 6 heteroatoms. The summed E-state index contributed by atoms with van der Waals surface area (Å²) in [6.45, 7) is 7.02. The number of aromatic nitrogens is 4. The standard InChI is InChI=1S/C28H31N5O/c1-20(2)10-9-11-21(3)16-25(34)23-14-7-8-15-24(23)32-27-26-28(30-18-29-27)33(19-31-26)17-22-12-5-4-6-13-22/h4-8,10,12-15,18-19,21H,9,11,16-17H2,1-3H3,(H,29,30,32). The highest BCUT2D eigenvalue weighted by Crippen LogP contribution is 2.26. The van der Waals surface area contributed by atoms with Gasteiger partial charge in [-0.15, -0.1) is 0 Å². The fourth-order valence-electron chi connectivity index (χ4n) is 4.02. The van der Waals surface area contributed by atoms with E-state index in [1.54, 1.807) is 6.33 Å². The summed E-state index contributed by atoms with van der Waals surface area (Å²) in [6.07, 6.45) is 8.05. The third kappa shape index (κ3) is 5.76. The van der Waals surface area contributed by atoms with Gasteiger partial charge in [0.1, 0.15) is 6.33 Å². The highest BCUT2D eigenvalue weighted by molar-refractivity contribution is 6.02. The van der Waals surface area contributed by atoms with E-state index in [-0.39, 0.29) is 5.78 Å². The smallest absolute Gasteiger partial charge is 0.165 e. The zero-order valence-electron chi connectivity index (χ0n) is 20.0. The number of carbonyl (C=O) groups is 1. The molecule has 0 spiro atoms. The number of nitrogens with zero attached hydrogens (tertiary/aromatic N) is 4. The quantitative estimate of drug-likeness (QED) is 0.217. The molecule has 2 aromatic heterocycles. The number of ketones is 1. The van der Waals surface area contributed by atoms with Crippen LogP contribution in [0.25, 0.3) is 11.2 Å². The highest BCUT2D eigenvalue weighted by Gasteiger charge is 2.17. The van der Waals surface area contributed by atoms with Gasteiger partial charge >= 0.3 is 0 Å². The Hall–Kier alpha value is -3.80. The second-order valence-corrected chi connectivity index (χ2v) is 9.01. The van der Waals surface area contributed by atoms with Gasteiger partial charge in [-0.1, -0.05) is 61.0 Å². The molecule has 6 nitrogen and oxygen atoms in total. The van der Waals surface area contributed by atoms with Gasteiger partial charge in [0.25, 0.3) is 0 Å². The Bertz CT molecular complexity index is 1290. The maximum Gasteiger partial charge on any atom is 0.165 e. The zero-order chi connectivity index (χ0) is 23.9. The van der Waals surface area contributed by atoms with Crippen LogP contribution in [0.15, 0.2) is 78.9 Å². The topological polar surface area (TPSA) is 72.7 Å². The first kappa shape index (κ1) is 23.4. The van der Waals surface area contributed by atoms with Gasteiger partial charge in [0, 0.05) is 12.0 Å². The number of para-hydroxylation sites is 1. The van der Waals surface area contributed by atoms with Crippen molar-refractivity contribution >= 4 is 28.5 Å². The number of allylic oxidation sites excluding steroid dienone is 2. The van der Waals surface area contributed by atoms with Crippen molar-refractivity contribution in [2.45, 2.75) is 46.6 Å². The van der Waals surface area contributed by atoms with E-state index in [2.05, 4.69) is 59.2 Å². The predicted octanol–water partition coefficient (Wildman–Crippen LogP) is 6.57. The largest absolute Gasteiger partial charge is 0.338 e. The minimum absolute atomic E-state index is 0.132. The summed E-state index contributed by atoms with van der Waals surface area (Å²) < 4.78 is 2.00. The molecule has 0 aliphatic carbocycles. The molecule has 174 valence electrons. The summed E-state index contributed by atoms with van der Waals surface area (Å²) in [5.41, 5.74) is 5.32. The SMILES string of the molecule is CC(C)=CCCC(C)CC(=O)c1ccccc1Nc1ncnc2c1ncn2Cc1ccccc1. The van der Waals surface area contributed by atoms with Gasteiger partial charge in [0.2, 0.25) is 0 Å². The Morgan fingerprint density at radius 1 is 1.03 bits per heavy atom. The van der Waals surface area contributed by atoms with E-state index in [9.17, 15) is 4.79 Å². The highest BCUT2D eigenvalue weighted by atomic mass is 16.1. The molecule has 4 rings (SSSR count). The molecule has 0 radical (unpaired) electrons. The van der Waals surface area contributed by atoms with Gasteiger partial charge in [-0.3, -0.25) is 4.79 Å². The molecular formula is C28H31N5O. The van der Waals surface area contributed by atoms with E-state index in [1.807, 2.05) is 47.0 Å². The number of rotatable bonds is 10. The van der Waals surface area contributed by atoms with Crippen molar-refractivity contribution in [1.29, 1.82) is 0 Å². The van der Waals surface area contributed by atoms with E-state index in [4.69, 9.17) is 0 Å². The van der Waals surface area contributed by atoms with Crippen LogP contribution in [0.5, 0.6) is 0 Å². The Morgan fingerprint density at radius 3 is 2.59 bits per heavy atom. The number of carbonyl (C=O) groups excluding carboxylic acids is 1. The molecule has 2 heterocycles. The molecule has 0 amide bonds. The lowest BCUT2D eigenvalue weighted by atomic mass is 9.94. The fraction of sp³-hybridized carbons (Fsp3) is 0.286. The normalized spacial score (nSPS) is 11.9. The lowest BCUT2D eigenvalue weighted by Crippen LogP contribution is -2.09. The average molecular weight is 454 g/mol. The number of anilines is 2. The summed E-state index contributed by atoms with van der Waals surface area (Å²) in [4.78, 5) is 26.6.